The van der Waals surface area contributed by atoms with Gasteiger partial charge in [-0.15, -0.1) is 40.6 Å². The van der Waals surface area contributed by atoms with Gasteiger partial charge >= 0.3 is 0 Å². The summed E-state index contributed by atoms with van der Waals surface area (Å²) in [6.45, 7) is 1.78. The van der Waals surface area contributed by atoms with E-state index in [4.69, 9.17) is 0 Å². The van der Waals surface area contributed by atoms with Gasteiger partial charge < -0.3 is 15.2 Å². The zero-order valence-electron chi connectivity index (χ0n) is 12.2. The van der Waals surface area contributed by atoms with Crippen LogP contribution in [0.25, 0.3) is 0 Å². The SMILES string of the molecule is CN/C(S)=N/N=C(C)/C(=N/N=C(\S)NC)c1cncn1C. The fourth-order valence-corrected chi connectivity index (χ4v) is 1.35. The van der Waals surface area contributed by atoms with Crippen molar-refractivity contribution in [1.82, 2.24) is 20.2 Å². The van der Waals surface area contributed by atoms with Crippen LogP contribution >= 0.6 is 25.3 Å². The second-order valence-corrected chi connectivity index (χ2v) is 4.72. The summed E-state index contributed by atoms with van der Waals surface area (Å²) < 4.78 is 1.81. The molecule has 10 heteroatoms. The lowest BCUT2D eigenvalue weighted by Crippen LogP contribution is -2.17. The number of nitrogens with one attached hydrogen (secondary N) is 2. The Labute approximate surface area is 134 Å². The predicted octanol–water partition coefficient (Wildman–Crippen LogP) is 0.510. The lowest BCUT2D eigenvalue weighted by Gasteiger charge is -2.04. The van der Waals surface area contributed by atoms with Gasteiger partial charge in [0.1, 0.15) is 5.71 Å². The van der Waals surface area contributed by atoms with E-state index >= 15 is 0 Å². The Morgan fingerprint density at radius 3 is 2.14 bits per heavy atom. The Balaban J connectivity index is 3.24. The average Bonchev–Trinajstić information content (AvgIpc) is 2.90. The van der Waals surface area contributed by atoms with Crippen molar-refractivity contribution in [3.8, 4) is 0 Å². The molecular weight excluding hydrogens is 308 g/mol. The van der Waals surface area contributed by atoms with Crippen LogP contribution < -0.4 is 10.6 Å². The molecule has 0 saturated carbocycles. The Kier molecular flexibility index (Phi) is 6.96. The Hall–Kier alpha value is -1.81. The Morgan fingerprint density at radius 1 is 1.10 bits per heavy atom. The molecule has 1 rings (SSSR count). The van der Waals surface area contributed by atoms with E-state index in [1.165, 1.54) is 0 Å². The third kappa shape index (κ3) is 5.23. The Morgan fingerprint density at radius 2 is 1.67 bits per heavy atom. The minimum atomic E-state index is 0.385. The number of rotatable bonds is 4. The second kappa shape index (κ2) is 8.47. The summed E-state index contributed by atoms with van der Waals surface area (Å²) in [6.07, 6.45) is 3.34. The zero-order chi connectivity index (χ0) is 15.8. The fourth-order valence-electron chi connectivity index (χ4n) is 1.26. The van der Waals surface area contributed by atoms with Gasteiger partial charge in [0.25, 0.3) is 0 Å². The van der Waals surface area contributed by atoms with E-state index in [9.17, 15) is 0 Å². The van der Waals surface area contributed by atoms with Gasteiger partial charge in [-0.1, -0.05) is 0 Å². The van der Waals surface area contributed by atoms with Crippen LogP contribution in [0.3, 0.4) is 0 Å². The Bertz CT molecular complexity index is 599. The standard InChI is InChI=1S/C11H18N8S2/c1-7(15-17-10(20)12-2)9(16-18-11(21)13-3)8-5-14-6-19(8)4/h5-6H,1-4H3,(H2,12,17,20)(H2,13,18,21)/b15-7+,16-9-. The lowest BCUT2D eigenvalue weighted by atomic mass is 10.2. The minimum Gasteiger partial charge on any atom is -0.366 e. The van der Waals surface area contributed by atoms with Crippen molar-refractivity contribution < 1.29 is 0 Å². The normalized spacial score (nSPS) is 14.4. The fraction of sp³-hybridized carbons (Fsp3) is 0.364. The van der Waals surface area contributed by atoms with Crippen LogP contribution in [0, 0.1) is 0 Å². The summed E-state index contributed by atoms with van der Waals surface area (Å²) in [5.74, 6) is 0. The highest BCUT2D eigenvalue weighted by atomic mass is 32.1. The number of thiol groups is 2. The predicted molar refractivity (Wildman–Crippen MR) is 93.8 cm³/mol. The van der Waals surface area contributed by atoms with E-state index in [-0.39, 0.29) is 0 Å². The second-order valence-electron chi connectivity index (χ2n) is 3.87. The van der Waals surface area contributed by atoms with E-state index in [2.05, 4.69) is 61.3 Å². The number of aryl methyl sites for hydroxylation is 1. The van der Waals surface area contributed by atoms with Crippen molar-refractivity contribution in [3.63, 3.8) is 0 Å². The summed E-state index contributed by atoms with van der Waals surface area (Å²) in [5, 5.41) is 22.4. The highest BCUT2D eigenvalue weighted by molar-refractivity contribution is 7.97. The first-order valence-electron chi connectivity index (χ1n) is 5.98. The number of nitrogens with zero attached hydrogens (tertiary/aromatic N) is 6. The van der Waals surface area contributed by atoms with Crippen LogP contribution in [0.4, 0.5) is 0 Å². The third-order valence-electron chi connectivity index (χ3n) is 2.39. The van der Waals surface area contributed by atoms with Crippen LogP contribution in [0.1, 0.15) is 12.6 Å². The van der Waals surface area contributed by atoms with Gasteiger partial charge in [0, 0.05) is 21.1 Å². The van der Waals surface area contributed by atoms with Crippen LogP contribution in [-0.4, -0.2) is 45.4 Å². The van der Waals surface area contributed by atoms with E-state index in [1.807, 2.05) is 11.6 Å². The summed E-state index contributed by atoms with van der Waals surface area (Å²) in [4.78, 5) is 4.06. The number of hydrogen-bond donors (Lipinski definition) is 4. The van der Waals surface area contributed by atoms with Gasteiger partial charge in [0.15, 0.2) is 10.3 Å². The number of amidine groups is 2. The monoisotopic (exact) mass is 326 g/mol. The molecule has 1 heterocycles. The molecule has 0 radical (unpaired) electrons. The molecule has 0 aromatic carbocycles. The van der Waals surface area contributed by atoms with Gasteiger partial charge in [-0.25, -0.2) is 4.98 Å². The third-order valence-corrected chi connectivity index (χ3v) is 3.01. The quantitative estimate of drug-likeness (QED) is 0.281. The summed E-state index contributed by atoms with van der Waals surface area (Å²) in [6, 6.07) is 0. The first-order valence-corrected chi connectivity index (χ1v) is 6.87. The molecule has 1 aromatic heterocycles. The first-order chi connectivity index (χ1) is 9.99. The topological polar surface area (TPSA) is 91.3 Å². The number of hydrogen-bond acceptors (Lipinski definition) is 5. The molecule has 0 saturated heterocycles. The maximum absolute atomic E-state index is 4.16. The van der Waals surface area contributed by atoms with Crippen molar-refractivity contribution in [2.75, 3.05) is 14.1 Å². The van der Waals surface area contributed by atoms with Crippen molar-refractivity contribution in [3.05, 3.63) is 18.2 Å². The largest absolute Gasteiger partial charge is 0.366 e. The highest BCUT2D eigenvalue weighted by Crippen LogP contribution is 2.04. The van der Waals surface area contributed by atoms with Crippen molar-refractivity contribution >= 4 is 47.0 Å². The summed E-state index contributed by atoms with van der Waals surface area (Å²) in [5.41, 5.74) is 1.87. The molecule has 0 aliphatic rings. The summed E-state index contributed by atoms with van der Waals surface area (Å²) in [7, 11) is 5.27. The lowest BCUT2D eigenvalue weighted by molar-refractivity contribution is 0.902. The number of aromatic nitrogens is 2. The molecule has 0 unspecified atom stereocenters. The van der Waals surface area contributed by atoms with E-state index in [0.717, 1.165) is 5.69 Å². The highest BCUT2D eigenvalue weighted by Gasteiger charge is 2.12. The zero-order valence-corrected chi connectivity index (χ0v) is 14.0. The van der Waals surface area contributed by atoms with Crippen LogP contribution in [0.2, 0.25) is 0 Å². The molecule has 2 N–H and O–H groups in total. The minimum absolute atomic E-state index is 0.385. The van der Waals surface area contributed by atoms with Crippen molar-refractivity contribution in [1.29, 1.82) is 0 Å². The van der Waals surface area contributed by atoms with Gasteiger partial charge in [-0.2, -0.15) is 5.10 Å². The van der Waals surface area contributed by atoms with E-state index in [0.29, 0.717) is 21.8 Å². The summed E-state index contributed by atoms with van der Waals surface area (Å²) >= 11 is 8.21. The maximum atomic E-state index is 4.16. The smallest absolute Gasteiger partial charge is 0.179 e. The molecular formula is C11H18N8S2. The molecule has 0 bridgehead atoms. The van der Waals surface area contributed by atoms with Gasteiger partial charge in [0.05, 0.1) is 23.9 Å². The molecule has 0 aliphatic carbocycles. The van der Waals surface area contributed by atoms with E-state index in [1.54, 1.807) is 33.5 Å². The van der Waals surface area contributed by atoms with Crippen molar-refractivity contribution in [2.45, 2.75) is 6.92 Å². The molecule has 1 aromatic rings. The molecule has 0 spiro atoms. The number of imidazole rings is 1. The molecule has 0 fully saturated rings. The maximum Gasteiger partial charge on any atom is 0.179 e. The molecule has 114 valence electrons. The van der Waals surface area contributed by atoms with E-state index < -0.39 is 0 Å². The molecule has 8 nitrogen and oxygen atoms in total. The van der Waals surface area contributed by atoms with Gasteiger partial charge in [0.2, 0.25) is 0 Å². The van der Waals surface area contributed by atoms with Crippen LogP contribution in [0.15, 0.2) is 32.9 Å². The van der Waals surface area contributed by atoms with Gasteiger partial charge in [-0.3, -0.25) is 0 Å². The van der Waals surface area contributed by atoms with Crippen LogP contribution in [0.5, 0.6) is 0 Å². The molecule has 0 aliphatic heterocycles. The van der Waals surface area contributed by atoms with Crippen LogP contribution in [-0.2, 0) is 7.05 Å². The van der Waals surface area contributed by atoms with Crippen molar-refractivity contribution in [2.24, 2.45) is 27.5 Å². The molecule has 0 amide bonds. The first kappa shape index (κ1) is 17.2. The molecule has 21 heavy (non-hydrogen) atoms. The molecule has 0 atom stereocenters. The average molecular weight is 326 g/mol. The van der Waals surface area contributed by atoms with Gasteiger partial charge in [-0.05, 0) is 6.92 Å².